The zero-order valence-corrected chi connectivity index (χ0v) is 5.73. The summed E-state index contributed by atoms with van der Waals surface area (Å²) in [4.78, 5) is 12.0. The zero-order valence-electron chi connectivity index (χ0n) is 5.73. The molecule has 2 aliphatic rings. The third-order valence-corrected chi connectivity index (χ3v) is 1.30. The number of nitrogens with zero attached hydrogens (tertiary/aromatic N) is 3. The van der Waals surface area contributed by atoms with Crippen molar-refractivity contribution in [2.75, 3.05) is 0 Å². The molecule has 4 nitrogen and oxygen atoms in total. The Morgan fingerprint density at radius 1 is 1.27 bits per heavy atom. The fourth-order valence-electron chi connectivity index (χ4n) is 0.827. The number of hydrogen-bond donors (Lipinski definition) is 1. The minimum atomic E-state index is 0.671. The molecule has 2 rings (SSSR count). The average Bonchev–Trinajstić information content (AvgIpc) is 2.28. The van der Waals surface area contributed by atoms with Crippen LogP contribution in [0.25, 0.3) is 0 Å². The van der Waals surface area contributed by atoms with Crippen molar-refractivity contribution in [2.45, 2.75) is 0 Å². The van der Waals surface area contributed by atoms with E-state index in [1.807, 2.05) is 0 Å². The number of nitrogens with one attached hydrogen (secondary N) is 1. The third-order valence-electron chi connectivity index (χ3n) is 1.30. The minimum absolute atomic E-state index is 0.671. The molecule has 0 aliphatic carbocycles. The molecular formula is C7H6N4. The monoisotopic (exact) mass is 146 g/mol. The summed E-state index contributed by atoms with van der Waals surface area (Å²) >= 11 is 0. The molecule has 0 unspecified atom stereocenters. The molecule has 0 fully saturated rings. The quantitative estimate of drug-likeness (QED) is 0.530. The summed E-state index contributed by atoms with van der Waals surface area (Å²) in [5, 5.41) is 2.98. The Hall–Kier alpha value is -1.71. The predicted molar refractivity (Wildman–Crippen MR) is 44.8 cm³/mol. The molecule has 0 saturated carbocycles. The lowest BCUT2D eigenvalue weighted by Crippen LogP contribution is -2.15. The van der Waals surface area contributed by atoms with Crippen molar-refractivity contribution in [1.29, 1.82) is 0 Å². The van der Waals surface area contributed by atoms with E-state index in [1.165, 1.54) is 0 Å². The Balaban J connectivity index is 2.44. The first kappa shape index (κ1) is 6.03. The van der Waals surface area contributed by atoms with Gasteiger partial charge < -0.3 is 5.32 Å². The number of fused-ring (bicyclic) bond motifs is 1. The molecule has 0 amide bonds. The van der Waals surface area contributed by atoms with Gasteiger partial charge in [0.1, 0.15) is 5.70 Å². The molecule has 11 heavy (non-hydrogen) atoms. The van der Waals surface area contributed by atoms with Crippen molar-refractivity contribution in [1.82, 2.24) is 5.32 Å². The van der Waals surface area contributed by atoms with Gasteiger partial charge in [-0.05, 0) is 0 Å². The van der Waals surface area contributed by atoms with Gasteiger partial charge in [-0.3, -0.25) is 4.99 Å². The van der Waals surface area contributed by atoms with Gasteiger partial charge in [-0.25, -0.2) is 9.98 Å². The van der Waals surface area contributed by atoms with Gasteiger partial charge in [0.25, 0.3) is 0 Å². The summed E-state index contributed by atoms with van der Waals surface area (Å²) in [5.41, 5.74) is 0.831. The van der Waals surface area contributed by atoms with Crippen molar-refractivity contribution in [3.63, 3.8) is 0 Å². The average molecular weight is 146 g/mol. The molecule has 2 heterocycles. The lowest BCUT2D eigenvalue weighted by molar-refractivity contribution is 1.08. The molecular weight excluding hydrogens is 140 g/mol. The van der Waals surface area contributed by atoms with Crippen LogP contribution in [0.5, 0.6) is 0 Å². The Labute approximate surface area is 63.8 Å². The van der Waals surface area contributed by atoms with E-state index in [0.717, 1.165) is 5.70 Å². The van der Waals surface area contributed by atoms with Crippen LogP contribution in [0.4, 0.5) is 0 Å². The molecule has 1 N–H and O–H groups in total. The molecule has 2 aliphatic heterocycles. The van der Waals surface area contributed by atoms with Crippen molar-refractivity contribution >= 4 is 18.3 Å². The molecule has 54 valence electrons. The SMILES string of the molecule is C1=CNC2=CN=CC=NC2=N1. The highest BCUT2D eigenvalue weighted by Crippen LogP contribution is 2.03. The van der Waals surface area contributed by atoms with E-state index in [0.29, 0.717) is 5.84 Å². The fourth-order valence-corrected chi connectivity index (χ4v) is 0.827. The van der Waals surface area contributed by atoms with Gasteiger partial charge in [0, 0.05) is 24.8 Å². The first-order chi connectivity index (χ1) is 5.47. The second kappa shape index (κ2) is 2.49. The van der Waals surface area contributed by atoms with Crippen molar-refractivity contribution in [3.8, 4) is 0 Å². The Morgan fingerprint density at radius 2 is 2.27 bits per heavy atom. The van der Waals surface area contributed by atoms with Crippen LogP contribution in [0.2, 0.25) is 0 Å². The van der Waals surface area contributed by atoms with Crippen LogP contribution >= 0.6 is 0 Å². The summed E-state index contributed by atoms with van der Waals surface area (Å²) in [6, 6.07) is 0. The van der Waals surface area contributed by atoms with Gasteiger partial charge in [-0.2, -0.15) is 0 Å². The summed E-state index contributed by atoms with van der Waals surface area (Å²) in [5.74, 6) is 0.671. The summed E-state index contributed by atoms with van der Waals surface area (Å²) in [6.45, 7) is 0. The maximum atomic E-state index is 4.04. The van der Waals surface area contributed by atoms with E-state index in [4.69, 9.17) is 0 Å². The second-order valence-corrected chi connectivity index (χ2v) is 2.03. The molecule has 0 radical (unpaired) electrons. The minimum Gasteiger partial charge on any atom is -0.356 e. The van der Waals surface area contributed by atoms with E-state index in [2.05, 4.69) is 20.3 Å². The van der Waals surface area contributed by atoms with E-state index >= 15 is 0 Å². The highest BCUT2D eigenvalue weighted by molar-refractivity contribution is 6.22. The number of rotatable bonds is 0. The highest BCUT2D eigenvalue weighted by Gasteiger charge is 2.06. The van der Waals surface area contributed by atoms with Gasteiger partial charge in [0.15, 0.2) is 5.84 Å². The lowest BCUT2D eigenvalue weighted by atomic mass is 10.4. The maximum Gasteiger partial charge on any atom is 0.177 e. The third kappa shape index (κ3) is 1.10. The van der Waals surface area contributed by atoms with E-state index in [-0.39, 0.29) is 0 Å². The van der Waals surface area contributed by atoms with Crippen LogP contribution in [0, 0.1) is 0 Å². The highest BCUT2D eigenvalue weighted by atomic mass is 15.0. The van der Waals surface area contributed by atoms with Gasteiger partial charge in [0.05, 0.1) is 6.20 Å². The van der Waals surface area contributed by atoms with Crippen molar-refractivity contribution in [2.24, 2.45) is 15.0 Å². The van der Waals surface area contributed by atoms with Crippen LogP contribution in [-0.4, -0.2) is 18.3 Å². The molecule has 0 saturated heterocycles. The van der Waals surface area contributed by atoms with Gasteiger partial charge in [-0.1, -0.05) is 0 Å². The zero-order chi connectivity index (χ0) is 7.52. The molecule has 0 aromatic rings. The largest absolute Gasteiger partial charge is 0.356 e. The first-order valence-electron chi connectivity index (χ1n) is 3.22. The predicted octanol–water partition coefficient (Wildman–Crippen LogP) is 0.456. The van der Waals surface area contributed by atoms with Crippen LogP contribution in [0.1, 0.15) is 0 Å². The summed E-state index contributed by atoms with van der Waals surface area (Å²) in [7, 11) is 0. The smallest absolute Gasteiger partial charge is 0.177 e. The van der Waals surface area contributed by atoms with Crippen LogP contribution in [0.15, 0.2) is 39.3 Å². The maximum absolute atomic E-state index is 4.04. The Bertz CT molecular complexity index is 306. The van der Waals surface area contributed by atoms with Crippen molar-refractivity contribution < 1.29 is 0 Å². The van der Waals surface area contributed by atoms with Gasteiger partial charge >= 0.3 is 0 Å². The number of amidine groups is 1. The van der Waals surface area contributed by atoms with E-state index < -0.39 is 0 Å². The topological polar surface area (TPSA) is 49.1 Å². The molecule has 4 heteroatoms. The summed E-state index contributed by atoms with van der Waals surface area (Å²) in [6.07, 6.45) is 8.33. The second-order valence-electron chi connectivity index (χ2n) is 2.03. The van der Waals surface area contributed by atoms with E-state index in [1.54, 1.807) is 31.0 Å². The summed E-state index contributed by atoms with van der Waals surface area (Å²) < 4.78 is 0. The van der Waals surface area contributed by atoms with Crippen LogP contribution in [0.3, 0.4) is 0 Å². The fraction of sp³-hybridized carbons (Fsp3) is 0. The first-order valence-corrected chi connectivity index (χ1v) is 3.22. The normalized spacial score (nSPS) is 19.6. The van der Waals surface area contributed by atoms with Crippen LogP contribution < -0.4 is 5.32 Å². The number of hydrogen-bond acceptors (Lipinski definition) is 4. The Morgan fingerprint density at radius 3 is 3.27 bits per heavy atom. The standard InChI is InChI=1S/C7H6N4/c1-2-10-7-6(5-8-1)9-3-4-11-7/h1-5,9H. The van der Waals surface area contributed by atoms with Gasteiger partial charge in [0.2, 0.25) is 0 Å². The van der Waals surface area contributed by atoms with Crippen molar-refractivity contribution in [3.05, 3.63) is 24.3 Å². The molecule has 0 aromatic carbocycles. The lowest BCUT2D eigenvalue weighted by Gasteiger charge is -2.06. The molecule has 0 aromatic heterocycles. The molecule has 0 bridgehead atoms. The van der Waals surface area contributed by atoms with Crippen LogP contribution in [-0.2, 0) is 0 Å². The molecule has 0 atom stereocenters. The van der Waals surface area contributed by atoms with E-state index in [9.17, 15) is 0 Å². The molecule has 0 spiro atoms. The van der Waals surface area contributed by atoms with Gasteiger partial charge in [-0.15, -0.1) is 0 Å². The number of aliphatic imine (C=N–C) groups is 3. The Kier molecular flexibility index (Phi) is 1.37.